The normalized spacial score (nSPS) is 14.7. The van der Waals surface area contributed by atoms with Gasteiger partial charge in [-0.1, -0.05) is 49.7 Å². The molecule has 0 aliphatic heterocycles. The van der Waals surface area contributed by atoms with Gasteiger partial charge in [-0.15, -0.1) is 0 Å². The second-order valence-electron chi connectivity index (χ2n) is 9.42. The minimum atomic E-state index is -0.541. The molecule has 3 aromatic rings. The summed E-state index contributed by atoms with van der Waals surface area (Å²) in [5.41, 5.74) is 2.74. The molecule has 0 radical (unpaired) electrons. The van der Waals surface area contributed by atoms with Crippen molar-refractivity contribution in [3.63, 3.8) is 0 Å². The van der Waals surface area contributed by atoms with Gasteiger partial charge in [0.05, 0.1) is 29.7 Å². The van der Waals surface area contributed by atoms with Crippen LogP contribution in [0.1, 0.15) is 37.9 Å². The zero-order valence-corrected chi connectivity index (χ0v) is 20.9. The highest BCUT2D eigenvalue weighted by Gasteiger charge is 2.32. The highest BCUT2D eigenvalue weighted by atomic mass is 35.5. The Bertz CT molecular complexity index is 1070. The average molecular weight is 484 g/mol. The molecule has 0 unspecified atom stereocenters. The van der Waals surface area contributed by atoms with Crippen molar-refractivity contribution in [3.05, 3.63) is 70.9 Å². The summed E-state index contributed by atoms with van der Waals surface area (Å²) in [4.78, 5) is 2.33. The topological polar surface area (TPSA) is 59.8 Å². The molecule has 1 atom stereocenters. The summed E-state index contributed by atoms with van der Waals surface area (Å²) >= 11 is 6.28. The number of benzene rings is 2. The molecule has 1 aliphatic carbocycles. The summed E-state index contributed by atoms with van der Waals surface area (Å²) in [6.45, 7) is 8.41. The van der Waals surface area contributed by atoms with Crippen LogP contribution in [0.25, 0.3) is 5.69 Å². The first-order chi connectivity index (χ1) is 16.4. The Morgan fingerprint density at radius 2 is 1.88 bits per heavy atom. The lowest BCUT2D eigenvalue weighted by Gasteiger charge is -2.25. The van der Waals surface area contributed by atoms with Gasteiger partial charge in [0.25, 0.3) is 0 Å². The lowest BCUT2D eigenvalue weighted by Crippen LogP contribution is -2.36. The Morgan fingerprint density at radius 3 is 2.56 bits per heavy atom. The number of para-hydroxylation sites is 1. The molecule has 1 saturated carbocycles. The highest BCUT2D eigenvalue weighted by Crippen LogP contribution is 2.35. The van der Waals surface area contributed by atoms with Crippen LogP contribution in [-0.2, 0) is 11.3 Å². The van der Waals surface area contributed by atoms with E-state index in [4.69, 9.17) is 26.2 Å². The molecule has 2 aromatic carbocycles. The van der Waals surface area contributed by atoms with Crippen LogP contribution in [0.3, 0.4) is 0 Å². The number of nitrogens with zero attached hydrogens (tertiary/aromatic N) is 3. The number of hydrogen-bond acceptors (Lipinski definition) is 5. The number of aromatic nitrogens is 2. The maximum absolute atomic E-state index is 10.6. The molecule has 6 nitrogen and oxygen atoms in total. The number of hydrogen-bond donors (Lipinski definition) is 1. The van der Waals surface area contributed by atoms with E-state index in [1.54, 1.807) is 0 Å². The molecule has 182 valence electrons. The summed E-state index contributed by atoms with van der Waals surface area (Å²) < 4.78 is 13.9. The summed E-state index contributed by atoms with van der Waals surface area (Å²) in [6.07, 6.45) is 1.73. The number of aryl methyl sites for hydroxylation is 1. The van der Waals surface area contributed by atoms with E-state index in [9.17, 15) is 5.11 Å². The van der Waals surface area contributed by atoms with Gasteiger partial charge >= 0.3 is 0 Å². The third-order valence-electron chi connectivity index (χ3n) is 5.78. The molecule has 1 aromatic heterocycles. The van der Waals surface area contributed by atoms with Crippen molar-refractivity contribution >= 4 is 11.6 Å². The average Bonchev–Trinajstić information content (AvgIpc) is 3.60. The molecule has 1 fully saturated rings. The zero-order valence-electron chi connectivity index (χ0n) is 20.2. The highest BCUT2D eigenvalue weighted by molar-refractivity contribution is 6.30. The Labute approximate surface area is 207 Å². The number of aliphatic hydroxyl groups is 1. The van der Waals surface area contributed by atoms with Crippen LogP contribution in [-0.4, -0.2) is 51.7 Å². The van der Waals surface area contributed by atoms with Gasteiger partial charge in [-0.2, -0.15) is 5.10 Å². The predicted molar refractivity (Wildman–Crippen MR) is 135 cm³/mol. The minimum absolute atomic E-state index is 0.343. The third-order valence-corrected chi connectivity index (χ3v) is 6.01. The Morgan fingerprint density at radius 1 is 1.12 bits per heavy atom. The van der Waals surface area contributed by atoms with Crippen LogP contribution in [0, 0.1) is 12.8 Å². The van der Waals surface area contributed by atoms with E-state index in [1.807, 2.05) is 66.2 Å². The standard InChI is InChI=1S/C27H34ClN3O3/c1-19(2)17-33-18-24(32)15-30(22-12-13-22)16-26-20(3)29-31(23-9-7-8-21(28)14-23)27(26)34-25-10-5-4-6-11-25/h4-11,14,19,22,24,32H,12-13,15-18H2,1-3H3/t24-/m1/s1. The molecule has 0 amide bonds. The van der Waals surface area contributed by atoms with Crippen LogP contribution in [0.2, 0.25) is 5.02 Å². The van der Waals surface area contributed by atoms with Crippen LogP contribution in [0.5, 0.6) is 11.6 Å². The van der Waals surface area contributed by atoms with Gasteiger partial charge in [-0.3, -0.25) is 4.90 Å². The summed E-state index contributed by atoms with van der Waals surface area (Å²) in [5, 5.41) is 16.1. The largest absolute Gasteiger partial charge is 0.439 e. The number of halogens is 1. The predicted octanol–water partition coefficient (Wildman–Crippen LogP) is 5.62. The number of aliphatic hydroxyl groups excluding tert-OH is 1. The van der Waals surface area contributed by atoms with Crippen molar-refractivity contribution < 1.29 is 14.6 Å². The molecule has 4 rings (SSSR count). The van der Waals surface area contributed by atoms with E-state index < -0.39 is 6.10 Å². The van der Waals surface area contributed by atoms with Crippen molar-refractivity contribution in [2.45, 2.75) is 52.3 Å². The van der Waals surface area contributed by atoms with Crippen molar-refractivity contribution in [1.29, 1.82) is 0 Å². The fourth-order valence-electron chi connectivity index (χ4n) is 3.96. The molecule has 1 heterocycles. The lowest BCUT2D eigenvalue weighted by molar-refractivity contribution is 0.00536. The molecule has 0 bridgehead atoms. The van der Waals surface area contributed by atoms with Gasteiger partial charge in [0.15, 0.2) is 0 Å². The first kappa shape index (κ1) is 24.7. The van der Waals surface area contributed by atoms with E-state index in [-0.39, 0.29) is 0 Å². The Kier molecular flexibility index (Phi) is 8.27. The van der Waals surface area contributed by atoms with Crippen LogP contribution >= 0.6 is 11.6 Å². The van der Waals surface area contributed by atoms with Gasteiger partial charge in [0.2, 0.25) is 5.88 Å². The first-order valence-corrected chi connectivity index (χ1v) is 12.4. The Hall–Kier alpha value is -2.38. The maximum atomic E-state index is 10.6. The SMILES string of the molecule is Cc1nn(-c2cccc(Cl)c2)c(Oc2ccccc2)c1CN(C[C@@H](O)COCC(C)C)C1CC1. The first-order valence-electron chi connectivity index (χ1n) is 12.0. The van der Waals surface area contributed by atoms with E-state index in [1.165, 1.54) is 0 Å². The number of rotatable bonds is 12. The molecule has 0 saturated heterocycles. The van der Waals surface area contributed by atoms with Crippen molar-refractivity contribution in [2.24, 2.45) is 5.92 Å². The third kappa shape index (κ3) is 6.60. The molecular formula is C27H34ClN3O3. The van der Waals surface area contributed by atoms with E-state index >= 15 is 0 Å². The van der Waals surface area contributed by atoms with Crippen LogP contribution in [0.4, 0.5) is 0 Å². The molecule has 0 spiro atoms. The Balaban J connectivity index is 1.60. The second-order valence-corrected chi connectivity index (χ2v) is 9.86. The van der Waals surface area contributed by atoms with Crippen LogP contribution < -0.4 is 4.74 Å². The quantitative estimate of drug-likeness (QED) is 0.362. The summed E-state index contributed by atoms with van der Waals surface area (Å²) in [6, 6.07) is 17.8. The molecule has 1 aliphatic rings. The fraction of sp³-hybridized carbons (Fsp3) is 0.444. The lowest BCUT2D eigenvalue weighted by atomic mass is 10.2. The van der Waals surface area contributed by atoms with Crippen LogP contribution in [0.15, 0.2) is 54.6 Å². The maximum Gasteiger partial charge on any atom is 0.227 e. The monoisotopic (exact) mass is 483 g/mol. The minimum Gasteiger partial charge on any atom is -0.439 e. The molecule has 34 heavy (non-hydrogen) atoms. The van der Waals surface area contributed by atoms with Gasteiger partial charge < -0.3 is 14.6 Å². The zero-order chi connectivity index (χ0) is 24.1. The van der Waals surface area contributed by atoms with E-state index in [2.05, 4.69) is 18.7 Å². The van der Waals surface area contributed by atoms with Gasteiger partial charge in [-0.05, 0) is 56.0 Å². The smallest absolute Gasteiger partial charge is 0.227 e. The van der Waals surface area contributed by atoms with E-state index in [0.717, 1.165) is 35.5 Å². The number of ether oxygens (including phenoxy) is 2. The molecule has 1 N–H and O–H groups in total. The van der Waals surface area contributed by atoms with E-state index in [0.29, 0.717) is 49.2 Å². The molecular weight excluding hydrogens is 450 g/mol. The van der Waals surface area contributed by atoms with Gasteiger partial charge in [0.1, 0.15) is 5.75 Å². The second kappa shape index (κ2) is 11.4. The van der Waals surface area contributed by atoms with Gasteiger partial charge in [-0.25, -0.2) is 4.68 Å². The van der Waals surface area contributed by atoms with Crippen molar-refractivity contribution in [3.8, 4) is 17.3 Å². The molecule has 7 heteroatoms. The van der Waals surface area contributed by atoms with Gasteiger partial charge in [0, 0.05) is 30.8 Å². The fourth-order valence-corrected chi connectivity index (χ4v) is 4.14. The van der Waals surface area contributed by atoms with Crippen molar-refractivity contribution in [2.75, 3.05) is 19.8 Å². The summed E-state index contributed by atoms with van der Waals surface area (Å²) in [7, 11) is 0. The summed E-state index contributed by atoms with van der Waals surface area (Å²) in [5.74, 6) is 1.86. The van der Waals surface area contributed by atoms with Crippen molar-refractivity contribution in [1.82, 2.24) is 14.7 Å².